The van der Waals surface area contributed by atoms with Crippen LogP contribution in [-0.2, 0) is 6.42 Å². The van der Waals surface area contributed by atoms with E-state index in [1.54, 1.807) is 0 Å². The van der Waals surface area contributed by atoms with E-state index in [2.05, 4.69) is 12.1 Å². The lowest BCUT2D eigenvalue weighted by Gasteiger charge is -2.02. The normalized spacial score (nSPS) is 12.0. The van der Waals surface area contributed by atoms with Crippen molar-refractivity contribution in [2.45, 2.75) is 31.8 Å². The van der Waals surface area contributed by atoms with Crippen LogP contribution in [0.5, 0.6) is 0 Å². The summed E-state index contributed by atoms with van der Waals surface area (Å²) in [5.74, 6) is 0. The lowest BCUT2D eigenvalue weighted by molar-refractivity contribution is 0.215. The monoisotopic (exact) mass is 189 g/mol. The highest BCUT2D eigenvalue weighted by atomic mass is 16.3. The van der Waals surface area contributed by atoms with Crippen LogP contribution in [0.4, 0.5) is 0 Å². The highest BCUT2D eigenvalue weighted by Crippen LogP contribution is 2.07. The second-order valence-corrected chi connectivity index (χ2v) is 3.38. The van der Waals surface area contributed by atoms with E-state index in [-0.39, 0.29) is 0 Å². The number of aliphatic hydroxyl groups excluding tert-OH is 1. The van der Waals surface area contributed by atoms with Crippen LogP contribution in [0, 0.1) is 11.3 Å². The second-order valence-electron chi connectivity index (χ2n) is 3.38. The summed E-state index contributed by atoms with van der Waals surface area (Å²) in [6.07, 6.45) is 2.76. The number of benzene rings is 1. The van der Waals surface area contributed by atoms with Crippen LogP contribution in [0.15, 0.2) is 30.3 Å². The van der Waals surface area contributed by atoms with Crippen LogP contribution in [0.3, 0.4) is 0 Å². The average molecular weight is 189 g/mol. The Labute approximate surface area is 84.8 Å². The second kappa shape index (κ2) is 6.17. The maximum absolute atomic E-state index is 8.99. The molecule has 0 bridgehead atoms. The number of hydrogen-bond donors (Lipinski definition) is 1. The number of hydrogen-bond acceptors (Lipinski definition) is 2. The molecule has 0 amide bonds. The van der Waals surface area contributed by atoms with Crippen molar-refractivity contribution in [2.24, 2.45) is 0 Å². The largest absolute Gasteiger partial charge is 0.378 e. The topological polar surface area (TPSA) is 44.0 Å². The zero-order valence-corrected chi connectivity index (χ0v) is 8.19. The van der Waals surface area contributed by atoms with E-state index in [1.807, 2.05) is 24.3 Å². The summed E-state index contributed by atoms with van der Waals surface area (Å²) in [4.78, 5) is 0. The minimum Gasteiger partial charge on any atom is -0.378 e. The minimum atomic E-state index is -0.786. The SMILES string of the molecule is N#C[C@H](O)CCCCc1ccccc1. The molecule has 2 nitrogen and oxygen atoms in total. The van der Waals surface area contributed by atoms with Crippen molar-refractivity contribution < 1.29 is 5.11 Å². The zero-order chi connectivity index (χ0) is 10.2. The molecule has 1 atom stereocenters. The van der Waals surface area contributed by atoms with Crippen molar-refractivity contribution in [1.82, 2.24) is 0 Å². The van der Waals surface area contributed by atoms with E-state index >= 15 is 0 Å². The fraction of sp³-hybridized carbons (Fsp3) is 0.417. The van der Waals surface area contributed by atoms with Gasteiger partial charge < -0.3 is 5.11 Å². The fourth-order valence-electron chi connectivity index (χ4n) is 1.38. The first-order valence-corrected chi connectivity index (χ1v) is 4.94. The molecule has 1 aromatic carbocycles. The first kappa shape index (κ1) is 10.7. The Kier molecular flexibility index (Phi) is 4.74. The van der Waals surface area contributed by atoms with E-state index in [9.17, 15) is 0 Å². The van der Waals surface area contributed by atoms with Crippen molar-refractivity contribution >= 4 is 0 Å². The van der Waals surface area contributed by atoms with Gasteiger partial charge >= 0.3 is 0 Å². The summed E-state index contributed by atoms with van der Waals surface area (Å²) in [5, 5.41) is 17.3. The first-order valence-electron chi connectivity index (χ1n) is 4.94. The molecule has 1 rings (SSSR count). The fourth-order valence-corrected chi connectivity index (χ4v) is 1.38. The smallest absolute Gasteiger partial charge is 0.140 e. The molecule has 0 heterocycles. The van der Waals surface area contributed by atoms with Gasteiger partial charge in [0.25, 0.3) is 0 Å². The van der Waals surface area contributed by atoms with Gasteiger partial charge in [0.1, 0.15) is 6.10 Å². The summed E-state index contributed by atoms with van der Waals surface area (Å²) in [5.41, 5.74) is 1.32. The molecule has 74 valence electrons. The lowest BCUT2D eigenvalue weighted by atomic mass is 10.1. The number of nitrogens with zero attached hydrogens (tertiary/aromatic N) is 1. The van der Waals surface area contributed by atoms with Crippen LogP contribution >= 0.6 is 0 Å². The van der Waals surface area contributed by atoms with E-state index in [4.69, 9.17) is 10.4 Å². The Balaban J connectivity index is 2.14. The van der Waals surface area contributed by atoms with Gasteiger partial charge in [-0.3, -0.25) is 0 Å². The molecule has 0 aromatic heterocycles. The van der Waals surface area contributed by atoms with Gasteiger partial charge in [-0.1, -0.05) is 30.3 Å². The van der Waals surface area contributed by atoms with Crippen molar-refractivity contribution in [1.29, 1.82) is 5.26 Å². The van der Waals surface area contributed by atoms with Gasteiger partial charge in [0, 0.05) is 0 Å². The molecule has 0 spiro atoms. The van der Waals surface area contributed by atoms with Crippen LogP contribution in [0.1, 0.15) is 24.8 Å². The predicted molar refractivity (Wildman–Crippen MR) is 55.6 cm³/mol. The van der Waals surface area contributed by atoms with E-state index in [1.165, 1.54) is 5.56 Å². The summed E-state index contributed by atoms with van der Waals surface area (Å²) >= 11 is 0. The molecule has 14 heavy (non-hydrogen) atoms. The minimum absolute atomic E-state index is 0.587. The van der Waals surface area contributed by atoms with Gasteiger partial charge in [-0.05, 0) is 31.2 Å². The Morgan fingerprint density at radius 2 is 1.93 bits per heavy atom. The van der Waals surface area contributed by atoms with E-state index in [0.29, 0.717) is 6.42 Å². The molecule has 1 N–H and O–H groups in total. The van der Waals surface area contributed by atoms with Gasteiger partial charge in [-0.25, -0.2) is 0 Å². The van der Waals surface area contributed by atoms with Crippen LogP contribution in [0.25, 0.3) is 0 Å². The van der Waals surface area contributed by atoms with Gasteiger partial charge in [-0.2, -0.15) is 5.26 Å². The average Bonchev–Trinajstić information content (AvgIpc) is 2.25. The third-order valence-corrected chi connectivity index (χ3v) is 2.18. The zero-order valence-electron chi connectivity index (χ0n) is 8.19. The number of aryl methyl sites for hydroxylation is 1. The Morgan fingerprint density at radius 3 is 2.57 bits per heavy atom. The molecule has 0 radical (unpaired) electrons. The molecular formula is C12H15NO. The van der Waals surface area contributed by atoms with Gasteiger partial charge in [-0.15, -0.1) is 0 Å². The quantitative estimate of drug-likeness (QED) is 0.570. The third kappa shape index (κ3) is 4.06. The molecule has 0 saturated heterocycles. The Bertz CT molecular complexity index is 289. The molecule has 0 aliphatic carbocycles. The van der Waals surface area contributed by atoms with Crippen molar-refractivity contribution in [3.05, 3.63) is 35.9 Å². The van der Waals surface area contributed by atoms with Crippen LogP contribution in [0.2, 0.25) is 0 Å². The molecule has 1 aromatic rings. The molecule has 0 fully saturated rings. The van der Waals surface area contributed by atoms with Gasteiger partial charge in [0.15, 0.2) is 0 Å². The van der Waals surface area contributed by atoms with Gasteiger partial charge in [0.05, 0.1) is 6.07 Å². The highest BCUT2D eigenvalue weighted by molar-refractivity contribution is 5.14. The summed E-state index contributed by atoms with van der Waals surface area (Å²) in [6.45, 7) is 0. The summed E-state index contributed by atoms with van der Waals surface area (Å²) in [6, 6.07) is 12.1. The highest BCUT2D eigenvalue weighted by Gasteiger charge is 2.00. The lowest BCUT2D eigenvalue weighted by Crippen LogP contribution is -2.01. The molecule has 0 aliphatic rings. The molecule has 2 heteroatoms. The summed E-state index contributed by atoms with van der Waals surface area (Å²) in [7, 11) is 0. The van der Waals surface area contributed by atoms with Crippen LogP contribution < -0.4 is 0 Å². The van der Waals surface area contributed by atoms with E-state index < -0.39 is 6.10 Å². The molecule has 0 aliphatic heterocycles. The molecule has 0 saturated carbocycles. The number of aliphatic hydroxyl groups is 1. The number of unbranched alkanes of at least 4 members (excludes halogenated alkanes) is 1. The predicted octanol–water partition coefficient (Wildman–Crippen LogP) is 2.28. The number of rotatable bonds is 5. The maximum Gasteiger partial charge on any atom is 0.140 e. The molecular weight excluding hydrogens is 174 g/mol. The third-order valence-electron chi connectivity index (χ3n) is 2.18. The number of nitriles is 1. The van der Waals surface area contributed by atoms with Crippen molar-refractivity contribution in [2.75, 3.05) is 0 Å². The van der Waals surface area contributed by atoms with Crippen molar-refractivity contribution in [3.8, 4) is 6.07 Å². The maximum atomic E-state index is 8.99. The Morgan fingerprint density at radius 1 is 1.21 bits per heavy atom. The molecule has 0 unspecified atom stereocenters. The summed E-state index contributed by atoms with van der Waals surface area (Å²) < 4.78 is 0. The van der Waals surface area contributed by atoms with Gasteiger partial charge in [0.2, 0.25) is 0 Å². The van der Waals surface area contributed by atoms with Crippen molar-refractivity contribution in [3.63, 3.8) is 0 Å². The first-order chi connectivity index (χ1) is 6.83. The Hall–Kier alpha value is -1.33. The standard InChI is InChI=1S/C12H15NO/c13-10-12(14)9-5-4-8-11-6-2-1-3-7-11/h1-3,6-7,12,14H,4-5,8-9H2/t12-/m1/s1. The van der Waals surface area contributed by atoms with Crippen LogP contribution in [-0.4, -0.2) is 11.2 Å². The van der Waals surface area contributed by atoms with E-state index in [0.717, 1.165) is 19.3 Å².